The molecule has 422 valence electrons. The smallest absolute Gasteiger partial charge is 0.462 e. The number of quaternary nitrogens is 1. The zero-order valence-corrected chi connectivity index (χ0v) is 48.7. The van der Waals surface area contributed by atoms with Crippen molar-refractivity contribution < 1.29 is 42.1 Å². The van der Waals surface area contributed by atoms with Crippen LogP contribution in [-0.4, -0.2) is 74.9 Å². The molecule has 2 atom stereocenters. The van der Waals surface area contributed by atoms with Crippen molar-refractivity contribution in [3.8, 4) is 0 Å². The number of carbonyl (C=O) groups excluding carboxylic acids is 2. The molecule has 0 fully saturated rings. The molecule has 74 heavy (non-hydrogen) atoms. The Morgan fingerprint density at radius 3 is 1.14 bits per heavy atom. The van der Waals surface area contributed by atoms with Crippen LogP contribution in [0.4, 0.5) is 0 Å². The second kappa shape index (κ2) is 54.2. The molecule has 0 aliphatic carbocycles. The van der Waals surface area contributed by atoms with Crippen molar-refractivity contribution in [2.75, 3.05) is 47.5 Å². The molecule has 2 unspecified atom stereocenters. The standard InChI is InChI=1S/C64H108NO8P/c1-6-8-10-12-14-16-18-20-21-22-23-24-25-26-27-28-29-30-31-32-33-34-35-36-37-38-39-40-41-42-43-45-47-49-51-53-55-57-64(67)73-62(61-72-74(68,69)71-59-58-65(3,4)5)60-70-63(66)56-54-52-50-48-46-44-19-17-15-13-11-9-7-2/h8-11,14-17,20-21,23-24,26-27,29-30,44,46,50,52,62H,6-7,12-13,18-19,22,25,28,31-43,45,47-49,51,53-61H2,1-5H3/p+1/b10-8-,11-9-,16-14-,17-15-,21-20-,24-23-,27-26-,30-29-,46-44-,52-50-. The molecule has 0 amide bonds. The second-order valence-corrected chi connectivity index (χ2v) is 21.7. The Bertz CT molecular complexity index is 1660. The molecule has 0 saturated heterocycles. The predicted molar refractivity (Wildman–Crippen MR) is 316 cm³/mol. The third-order valence-corrected chi connectivity index (χ3v) is 13.0. The summed E-state index contributed by atoms with van der Waals surface area (Å²) in [6.45, 7) is 4.11. The summed E-state index contributed by atoms with van der Waals surface area (Å²) in [6, 6.07) is 0. The van der Waals surface area contributed by atoms with Crippen molar-refractivity contribution >= 4 is 19.8 Å². The van der Waals surface area contributed by atoms with Gasteiger partial charge in [-0.3, -0.25) is 18.6 Å². The maximum absolute atomic E-state index is 12.8. The Morgan fingerprint density at radius 1 is 0.419 bits per heavy atom. The van der Waals surface area contributed by atoms with E-state index in [0.717, 1.165) is 83.5 Å². The maximum atomic E-state index is 12.8. The summed E-state index contributed by atoms with van der Waals surface area (Å²) in [5.74, 6) is -0.896. The van der Waals surface area contributed by atoms with E-state index in [0.29, 0.717) is 23.9 Å². The number of phosphoric acid groups is 1. The number of nitrogens with zero attached hydrogens (tertiary/aromatic N) is 1. The van der Waals surface area contributed by atoms with Crippen LogP contribution >= 0.6 is 7.82 Å². The number of likely N-dealkylation sites (N-methyl/N-ethyl adjacent to an activating group) is 1. The number of hydrogen-bond acceptors (Lipinski definition) is 7. The van der Waals surface area contributed by atoms with Crippen molar-refractivity contribution in [1.29, 1.82) is 0 Å². The number of allylic oxidation sites excluding steroid dienone is 20. The van der Waals surface area contributed by atoms with Gasteiger partial charge in [-0.2, -0.15) is 0 Å². The van der Waals surface area contributed by atoms with Crippen molar-refractivity contribution in [3.63, 3.8) is 0 Å². The van der Waals surface area contributed by atoms with Crippen LogP contribution < -0.4 is 0 Å². The first-order valence-corrected chi connectivity index (χ1v) is 30.8. The second-order valence-electron chi connectivity index (χ2n) is 20.3. The van der Waals surface area contributed by atoms with Gasteiger partial charge in [0.1, 0.15) is 19.8 Å². The normalized spacial score (nSPS) is 14.2. The van der Waals surface area contributed by atoms with Crippen LogP contribution in [0.1, 0.15) is 219 Å². The molecular formula is C64H109NO8P+. The first-order valence-electron chi connectivity index (χ1n) is 29.3. The number of hydrogen-bond donors (Lipinski definition) is 1. The van der Waals surface area contributed by atoms with E-state index in [-0.39, 0.29) is 26.1 Å². The lowest BCUT2D eigenvalue weighted by atomic mass is 10.0. The molecule has 0 saturated carbocycles. The van der Waals surface area contributed by atoms with E-state index in [1.807, 2.05) is 33.3 Å². The van der Waals surface area contributed by atoms with Gasteiger partial charge in [0.25, 0.3) is 0 Å². The van der Waals surface area contributed by atoms with Gasteiger partial charge in [0.2, 0.25) is 0 Å². The Balaban J connectivity index is 4.03. The van der Waals surface area contributed by atoms with E-state index >= 15 is 0 Å². The maximum Gasteiger partial charge on any atom is 0.472 e. The topological polar surface area (TPSA) is 108 Å². The lowest BCUT2D eigenvalue weighted by molar-refractivity contribution is -0.870. The van der Waals surface area contributed by atoms with Gasteiger partial charge < -0.3 is 18.9 Å². The Kier molecular flexibility index (Phi) is 51.6. The third-order valence-electron chi connectivity index (χ3n) is 12.0. The number of rotatable bonds is 52. The minimum Gasteiger partial charge on any atom is -0.462 e. The van der Waals surface area contributed by atoms with Crippen LogP contribution in [0.2, 0.25) is 0 Å². The molecule has 0 radical (unpaired) electrons. The molecular weight excluding hydrogens is 942 g/mol. The number of ether oxygens (including phenoxy) is 2. The first kappa shape index (κ1) is 70.4. The molecule has 0 spiro atoms. The predicted octanol–water partition coefficient (Wildman–Crippen LogP) is 18.4. The Morgan fingerprint density at radius 2 is 0.757 bits per heavy atom. The highest BCUT2D eigenvalue weighted by atomic mass is 31.2. The molecule has 1 N–H and O–H groups in total. The van der Waals surface area contributed by atoms with Crippen LogP contribution in [0.25, 0.3) is 0 Å². The number of unbranched alkanes of at least 4 members (excludes halogenated alkanes) is 18. The fourth-order valence-electron chi connectivity index (χ4n) is 7.56. The molecule has 0 aromatic heterocycles. The largest absolute Gasteiger partial charge is 0.472 e. The monoisotopic (exact) mass is 1050 g/mol. The summed E-state index contributed by atoms with van der Waals surface area (Å²) in [4.78, 5) is 35.5. The minimum absolute atomic E-state index is 0.0170. The zero-order valence-electron chi connectivity index (χ0n) is 47.8. The van der Waals surface area contributed by atoms with Gasteiger partial charge in [0, 0.05) is 12.8 Å². The van der Waals surface area contributed by atoms with Gasteiger partial charge >= 0.3 is 19.8 Å². The van der Waals surface area contributed by atoms with E-state index in [1.165, 1.54) is 96.3 Å². The first-order chi connectivity index (χ1) is 36.0. The van der Waals surface area contributed by atoms with Crippen molar-refractivity contribution in [3.05, 3.63) is 122 Å². The van der Waals surface area contributed by atoms with Crippen molar-refractivity contribution in [2.24, 2.45) is 0 Å². The molecule has 10 heteroatoms. The number of carbonyl (C=O) groups is 2. The van der Waals surface area contributed by atoms with Crippen molar-refractivity contribution in [2.45, 2.75) is 225 Å². The quantitative estimate of drug-likeness (QED) is 0.0211. The summed E-state index contributed by atoms with van der Waals surface area (Å²) >= 11 is 0. The van der Waals surface area contributed by atoms with Crippen LogP contribution in [-0.2, 0) is 32.7 Å². The molecule has 0 rings (SSSR count). The average molecular weight is 1050 g/mol. The van der Waals surface area contributed by atoms with E-state index in [1.54, 1.807) is 0 Å². The van der Waals surface area contributed by atoms with Gasteiger partial charge in [0.05, 0.1) is 27.7 Å². The third kappa shape index (κ3) is 57.7. The summed E-state index contributed by atoms with van der Waals surface area (Å²) < 4.78 is 34.4. The van der Waals surface area contributed by atoms with Crippen LogP contribution in [0.5, 0.6) is 0 Å². The molecule has 0 aliphatic heterocycles. The average Bonchev–Trinajstić information content (AvgIpc) is 3.36. The fourth-order valence-corrected chi connectivity index (χ4v) is 8.30. The Hall–Kier alpha value is -3.59. The van der Waals surface area contributed by atoms with Crippen molar-refractivity contribution in [1.82, 2.24) is 0 Å². The van der Waals surface area contributed by atoms with Gasteiger partial charge in [-0.25, -0.2) is 4.57 Å². The van der Waals surface area contributed by atoms with Gasteiger partial charge in [-0.05, 0) is 89.9 Å². The molecule has 0 aliphatic rings. The number of esters is 2. The van der Waals surface area contributed by atoms with Gasteiger partial charge in [-0.1, -0.05) is 238 Å². The SMILES string of the molecule is CC/C=C\C/C=C\C/C=C\C/C=C\C/C=C\C/C=C\CCCCCCCCCCCCCCCCCCCCC(=O)OC(COC(=O)CC/C=C\C/C=C\C/C=C\C/C=C\CC)COP(=O)(O)OCC[N+](C)(C)C. The lowest BCUT2D eigenvalue weighted by Gasteiger charge is -2.24. The van der Waals surface area contributed by atoms with E-state index < -0.39 is 32.5 Å². The summed E-state index contributed by atoms with van der Waals surface area (Å²) in [5, 5.41) is 0. The van der Waals surface area contributed by atoms with E-state index in [4.69, 9.17) is 18.5 Å². The molecule has 9 nitrogen and oxygen atoms in total. The van der Waals surface area contributed by atoms with Crippen LogP contribution in [0.3, 0.4) is 0 Å². The van der Waals surface area contributed by atoms with E-state index in [9.17, 15) is 19.0 Å². The molecule has 0 bridgehead atoms. The van der Waals surface area contributed by atoms with E-state index in [2.05, 4.69) is 123 Å². The summed E-state index contributed by atoms with van der Waals surface area (Å²) in [6.07, 6.45) is 77.4. The highest BCUT2D eigenvalue weighted by molar-refractivity contribution is 7.47. The number of phosphoric ester groups is 1. The molecule has 0 heterocycles. The van der Waals surface area contributed by atoms with Gasteiger partial charge in [-0.15, -0.1) is 0 Å². The molecule has 0 aromatic rings. The fraction of sp³-hybridized carbons (Fsp3) is 0.656. The zero-order chi connectivity index (χ0) is 54.2. The summed E-state index contributed by atoms with van der Waals surface area (Å²) in [7, 11) is 1.43. The van der Waals surface area contributed by atoms with Crippen LogP contribution in [0.15, 0.2) is 122 Å². The highest BCUT2D eigenvalue weighted by Gasteiger charge is 2.27. The summed E-state index contributed by atoms with van der Waals surface area (Å²) in [5.41, 5.74) is 0. The minimum atomic E-state index is -4.40. The molecule has 0 aromatic carbocycles. The lowest BCUT2D eigenvalue weighted by Crippen LogP contribution is -2.37. The Labute approximate surface area is 454 Å². The van der Waals surface area contributed by atoms with Crippen LogP contribution in [0, 0.1) is 0 Å². The highest BCUT2D eigenvalue weighted by Crippen LogP contribution is 2.43. The van der Waals surface area contributed by atoms with Gasteiger partial charge in [0.15, 0.2) is 6.10 Å².